The highest BCUT2D eigenvalue weighted by Gasteiger charge is 2.09. The van der Waals surface area contributed by atoms with Crippen LogP contribution in [0.1, 0.15) is 12.5 Å². The van der Waals surface area contributed by atoms with E-state index in [1.54, 1.807) is 13.0 Å². The second-order valence-corrected chi connectivity index (χ2v) is 3.21. The molecule has 0 N–H and O–H groups in total. The van der Waals surface area contributed by atoms with Crippen LogP contribution in [0, 0.1) is 0 Å². The van der Waals surface area contributed by atoms with Crippen molar-refractivity contribution in [1.29, 1.82) is 0 Å². The normalized spacial score (nSPS) is 10.9. The number of carbonyl (C=O) groups excluding carboxylic acids is 2. The second kappa shape index (κ2) is 7.17. The minimum atomic E-state index is -0.822. The Kier molecular flexibility index (Phi) is 5.44. The van der Waals surface area contributed by atoms with E-state index in [1.165, 1.54) is 12.2 Å². The molecule has 0 radical (unpaired) electrons. The van der Waals surface area contributed by atoms with Gasteiger partial charge in [-0.1, -0.05) is 48.6 Å². The van der Waals surface area contributed by atoms with Crippen LogP contribution in [0.25, 0.3) is 6.08 Å². The van der Waals surface area contributed by atoms with E-state index in [9.17, 15) is 9.59 Å². The molecular weight excluding hydrogens is 216 g/mol. The van der Waals surface area contributed by atoms with E-state index in [0.717, 1.165) is 5.56 Å². The van der Waals surface area contributed by atoms with Crippen LogP contribution in [0.5, 0.6) is 0 Å². The molecule has 0 saturated heterocycles. The fraction of sp³-hybridized carbons (Fsp3) is 0.143. The Morgan fingerprint density at radius 1 is 1.18 bits per heavy atom. The summed E-state index contributed by atoms with van der Waals surface area (Å²) in [5, 5.41) is 0. The summed E-state index contributed by atoms with van der Waals surface area (Å²) in [5.41, 5.74) is 1.03. The molecule has 0 heterocycles. The third kappa shape index (κ3) is 4.93. The zero-order chi connectivity index (χ0) is 12.5. The number of carbonyl (C=O) groups is 2. The minimum absolute atomic E-state index is 0.207. The van der Waals surface area contributed by atoms with E-state index in [-0.39, 0.29) is 6.61 Å². The van der Waals surface area contributed by atoms with Crippen LogP contribution in [0.3, 0.4) is 0 Å². The van der Waals surface area contributed by atoms with Crippen molar-refractivity contribution >= 4 is 17.8 Å². The van der Waals surface area contributed by atoms with Gasteiger partial charge in [-0.2, -0.15) is 0 Å². The molecular formula is C14H14O3. The Hall–Kier alpha value is -2.16. The molecule has 0 aliphatic rings. The quantitative estimate of drug-likeness (QED) is 0.337. The molecule has 3 heteroatoms. The zero-order valence-corrected chi connectivity index (χ0v) is 9.63. The lowest BCUT2D eigenvalue weighted by Gasteiger charge is -1.94. The molecule has 88 valence electrons. The van der Waals surface area contributed by atoms with Crippen molar-refractivity contribution in [2.75, 3.05) is 6.61 Å². The fourth-order valence-corrected chi connectivity index (χ4v) is 1.14. The Bertz CT molecular complexity index is 430. The molecule has 1 aromatic rings. The standard InChI is InChI=1S/C14H14O3/c1-2-17-14(16)13(15)11-7-6-10-12-8-4-3-5-9-12/h3-11H,2H2,1H3. The van der Waals surface area contributed by atoms with Crippen molar-refractivity contribution in [2.45, 2.75) is 6.92 Å². The predicted molar refractivity (Wildman–Crippen MR) is 66.3 cm³/mol. The Morgan fingerprint density at radius 3 is 2.53 bits per heavy atom. The van der Waals surface area contributed by atoms with Gasteiger partial charge < -0.3 is 4.74 Å². The number of esters is 1. The van der Waals surface area contributed by atoms with Crippen LogP contribution < -0.4 is 0 Å². The summed E-state index contributed by atoms with van der Waals surface area (Å²) in [6.45, 7) is 1.86. The highest BCUT2D eigenvalue weighted by molar-refractivity contribution is 6.38. The molecule has 1 rings (SSSR count). The van der Waals surface area contributed by atoms with Gasteiger partial charge in [0.15, 0.2) is 0 Å². The van der Waals surface area contributed by atoms with E-state index in [1.807, 2.05) is 36.4 Å². The molecule has 0 fully saturated rings. The molecule has 3 nitrogen and oxygen atoms in total. The topological polar surface area (TPSA) is 43.4 Å². The smallest absolute Gasteiger partial charge is 0.379 e. The highest BCUT2D eigenvalue weighted by atomic mass is 16.5. The molecule has 0 aromatic heterocycles. The zero-order valence-electron chi connectivity index (χ0n) is 9.63. The van der Waals surface area contributed by atoms with E-state index < -0.39 is 11.8 Å². The van der Waals surface area contributed by atoms with Crippen LogP contribution in [-0.2, 0) is 14.3 Å². The molecule has 1 aromatic carbocycles. The number of ether oxygens (including phenoxy) is 1. The molecule has 0 atom stereocenters. The number of hydrogen-bond donors (Lipinski definition) is 0. The summed E-state index contributed by atoms with van der Waals surface area (Å²) in [4.78, 5) is 22.1. The minimum Gasteiger partial charge on any atom is -0.460 e. The fourth-order valence-electron chi connectivity index (χ4n) is 1.14. The summed E-state index contributed by atoms with van der Waals surface area (Å²) in [5.74, 6) is -1.47. The molecule has 0 spiro atoms. The molecule has 17 heavy (non-hydrogen) atoms. The van der Waals surface area contributed by atoms with Crippen LogP contribution >= 0.6 is 0 Å². The summed E-state index contributed by atoms with van der Waals surface area (Å²) >= 11 is 0. The van der Waals surface area contributed by atoms with Crippen molar-refractivity contribution in [3.05, 3.63) is 54.1 Å². The molecule has 0 aliphatic carbocycles. The third-order valence-corrected chi connectivity index (χ3v) is 1.92. The molecule has 0 bridgehead atoms. The second-order valence-electron chi connectivity index (χ2n) is 3.21. The van der Waals surface area contributed by atoms with Gasteiger partial charge in [0.1, 0.15) is 0 Å². The molecule has 0 saturated carbocycles. The van der Waals surface area contributed by atoms with Crippen molar-refractivity contribution in [3.8, 4) is 0 Å². The average Bonchev–Trinajstić information content (AvgIpc) is 2.36. The summed E-state index contributed by atoms with van der Waals surface area (Å²) < 4.78 is 4.56. The maximum absolute atomic E-state index is 11.1. The summed E-state index contributed by atoms with van der Waals surface area (Å²) in [6, 6.07) is 9.66. The first-order valence-electron chi connectivity index (χ1n) is 5.35. The lowest BCUT2D eigenvalue weighted by molar-refractivity contribution is -0.151. The number of benzene rings is 1. The lowest BCUT2D eigenvalue weighted by Crippen LogP contribution is -2.14. The Morgan fingerprint density at radius 2 is 1.88 bits per heavy atom. The lowest BCUT2D eigenvalue weighted by atomic mass is 10.2. The van der Waals surface area contributed by atoms with Gasteiger partial charge in [0.05, 0.1) is 6.61 Å². The molecule has 0 unspecified atom stereocenters. The van der Waals surface area contributed by atoms with Crippen molar-refractivity contribution in [3.63, 3.8) is 0 Å². The maximum Gasteiger partial charge on any atom is 0.379 e. The first kappa shape index (κ1) is 12.9. The van der Waals surface area contributed by atoms with Crippen LogP contribution in [0.4, 0.5) is 0 Å². The van der Waals surface area contributed by atoms with Gasteiger partial charge in [0.2, 0.25) is 0 Å². The SMILES string of the molecule is CCOC(=O)C(=O)C=CC=Cc1ccccc1. The van der Waals surface area contributed by atoms with Gasteiger partial charge in [-0.15, -0.1) is 0 Å². The molecule has 0 amide bonds. The van der Waals surface area contributed by atoms with Gasteiger partial charge in [-0.25, -0.2) is 4.79 Å². The number of ketones is 1. The summed E-state index contributed by atoms with van der Waals surface area (Å²) in [7, 11) is 0. The van der Waals surface area contributed by atoms with Crippen molar-refractivity contribution in [2.24, 2.45) is 0 Å². The maximum atomic E-state index is 11.1. The first-order chi connectivity index (χ1) is 8.24. The molecule has 0 aliphatic heterocycles. The number of rotatable bonds is 5. The Labute approximate surface area is 100 Å². The first-order valence-corrected chi connectivity index (χ1v) is 5.35. The van der Waals surface area contributed by atoms with Gasteiger partial charge in [0.25, 0.3) is 5.78 Å². The van der Waals surface area contributed by atoms with Gasteiger partial charge in [-0.3, -0.25) is 4.79 Å². The largest absolute Gasteiger partial charge is 0.460 e. The third-order valence-electron chi connectivity index (χ3n) is 1.92. The van der Waals surface area contributed by atoms with Crippen molar-refractivity contribution < 1.29 is 14.3 Å². The van der Waals surface area contributed by atoms with E-state index >= 15 is 0 Å². The van der Waals surface area contributed by atoms with E-state index in [2.05, 4.69) is 4.74 Å². The summed E-state index contributed by atoms with van der Waals surface area (Å²) in [6.07, 6.45) is 6.26. The van der Waals surface area contributed by atoms with Gasteiger partial charge in [0, 0.05) is 0 Å². The van der Waals surface area contributed by atoms with Gasteiger partial charge >= 0.3 is 5.97 Å². The van der Waals surface area contributed by atoms with Gasteiger partial charge in [-0.05, 0) is 18.6 Å². The number of allylic oxidation sites excluding steroid dienone is 2. The van der Waals surface area contributed by atoms with E-state index in [0.29, 0.717) is 0 Å². The Balaban J connectivity index is 2.48. The average molecular weight is 230 g/mol. The predicted octanol–water partition coefficient (Wildman–Crippen LogP) is 2.39. The van der Waals surface area contributed by atoms with E-state index in [4.69, 9.17) is 0 Å². The van der Waals surface area contributed by atoms with Crippen LogP contribution in [0.15, 0.2) is 48.6 Å². The monoisotopic (exact) mass is 230 g/mol. The van der Waals surface area contributed by atoms with Crippen LogP contribution in [-0.4, -0.2) is 18.4 Å². The van der Waals surface area contributed by atoms with Crippen molar-refractivity contribution in [1.82, 2.24) is 0 Å². The highest BCUT2D eigenvalue weighted by Crippen LogP contribution is 2.00. The number of hydrogen-bond acceptors (Lipinski definition) is 3. The van der Waals surface area contributed by atoms with Crippen LogP contribution in [0.2, 0.25) is 0 Å².